The molecule has 0 unspecified atom stereocenters. The van der Waals surface area contributed by atoms with Crippen LogP contribution in [0.3, 0.4) is 0 Å². The minimum Gasteiger partial charge on any atom is -0.450 e. The van der Waals surface area contributed by atoms with Crippen LogP contribution in [0.25, 0.3) is 0 Å². The summed E-state index contributed by atoms with van der Waals surface area (Å²) in [5.41, 5.74) is 8.43. The van der Waals surface area contributed by atoms with Gasteiger partial charge in [-0.15, -0.1) is 0 Å². The van der Waals surface area contributed by atoms with E-state index in [4.69, 9.17) is 26.2 Å². The Labute approximate surface area is 88.5 Å². The third kappa shape index (κ3) is 24.5. The SMILES string of the molecule is CCCCC(C)=NNC(=N)N.O=C(O)O. The number of hydrazone groups is 1. The van der Waals surface area contributed by atoms with E-state index in [0.717, 1.165) is 25.0 Å². The van der Waals surface area contributed by atoms with Gasteiger partial charge in [-0.3, -0.25) is 5.41 Å². The predicted molar refractivity (Wildman–Crippen MR) is 58.3 cm³/mol. The average Bonchev–Trinajstić information content (AvgIpc) is 2.10. The molecule has 0 aromatic carbocycles. The van der Waals surface area contributed by atoms with Crippen molar-refractivity contribution in [1.29, 1.82) is 5.41 Å². The molecule has 6 N–H and O–H groups in total. The normalized spacial score (nSPS) is 9.87. The zero-order valence-electron chi connectivity index (χ0n) is 8.95. The molecule has 0 saturated carbocycles. The van der Waals surface area contributed by atoms with Crippen LogP contribution >= 0.6 is 0 Å². The topological polar surface area (TPSA) is 132 Å². The highest BCUT2D eigenvalue weighted by Gasteiger charge is 1.90. The van der Waals surface area contributed by atoms with Crippen molar-refractivity contribution < 1.29 is 15.0 Å². The van der Waals surface area contributed by atoms with E-state index < -0.39 is 6.16 Å². The lowest BCUT2D eigenvalue weighted by molar-refractivity contribution is 0.137. The van der Waals surface area contributed by atoms with Crippen LogP contribution in [0.2, 0.25) is 0 Å². The molecule has 0 radical (unpaired) electrons. The van der Waals surface area contributed by atoms with Gasteiger partial charge in [0.25, 0.3) is 0 Å². The molecule has 0 aromatic heterocycles. The summed E-state index contributed by atoms with van der Waals surface area (Å²) in [5, 5.41) is 24.6. The fourth-order valence-corrected chi connectivity index (χ4v) is 0.644. The maximum absolute atomic E-state index is 8.56. The molecule has 7 heteroatoms. The first-order chi connectivity index (χ1) is 6.90. The number of nitrogens with two attached hydrogens (primary N) is 1. The largest absolute Gasteiger partial charge is 0.503 e. The number of unbranched alkanes of at least 4 members (excludes halogenated alkanes) is 1. The average molecular weight is 218 g/mol. The van der Waals surface area contributed by atoms with E-state index in [2.05, 4.69) is 17.5 Å². The van der Waals surface area contributed by atoms with Crippen molar-refractivity contribution in [2.45, 2.75) is 33.1 Å². The molecule has 0 fully saturated rings. The first-order valence-electron chi connectivity index (χ1n) is 4.45. The van der Waals surface area contributed by atoms with Crippen LogP contribution in [0.1, 0.15) is 33.1 Å². The molecule has 0 spiro atoms. The van der Waals surface area contributed by atoms with E-state index in [1.54, 1.807) is 0 Å². The summed E-state index contributed by atoms with van der Waals surface area (Å²) in [6.45, 7) is 4.05. The molecule has 0 aliphatic carbocycles. The Morgan fingerprint density at radius 2 is 2.00 bits per heavy atom. The molecule has 0 aliphatic heterocycles. The third-order valence-corrected chi connectivity index (χ3v) is 1.26. The summed E-state index contributed by atoms with van der Waals surface area (Å²) in [4.78, 5) is 8.56. The Morgan fingerprint density at radius 3 is 2.33 bits per heavy atom. The maximum Gasteiger partial charge on any atom is 0.503 e. The molecule has 0 atom stereocenters. The zero-order chi connectivity index (χ0) is 12.3. The number of nitrogens with zero attached hydrogens (tertiary/aromatic N) is 1. The lowest BCUT2D eigenvalue weighted by Gasteiger charge is -1.99. The van der Waals surface area contributed by atoms with Gasteiger partial charge >= 0.3 is 6.16 Å². The number of carbonyl (C=O) groups is 1. The number of hydrogen-bond donors (Lipinski definition) is 5. The van der Waals surface area contributed by atoms with E-state index in [9.17, 15) is 0 Å². The van der Waals surface area contributed by atoms with Gasteiger partial charge < -0.3 is 15.9 Å². The Morgan fingerprint density at radius 1 is 1.53 bits per heavy atom. The van der Waals surface area contributed by atoms with Gasteiger partial charge in [0.05, 0.1) is 0 Å². The zero-order valence-corrected chi connectivity index (χ0v) is 8.95. The molecular formula is C8H18N4O3. The van der Waals surface area contributed by atoms with Crippen LogP contribution in [0.5, 0.6) is 0 Å². The van der Waals surface area contributed by atoms with Gasteiger partial charge in [0.1, 0.15) is 0 Å². The Kier molecular flexibility index (Phi) is 10.8. The van der Waals surface area contributed by atoms with Gasteiger partial charge in [-0.05, 0) is 19.8 Å². The molecule has 0 amide bonds. The predicted octanol–water partition coefficient (Wildman–Crippen LogP) is 1.26. The second kappa shape index (κ2) is 10.3. The maximum atomic E-state index is 8.56. The summed E-state index contributed by atoms with van der Waals surface area (Å²) in [5.74, 6) is -0.110. The second-order valence-electron chi connectivity index (χ2n) is 2.76. The number of rotatable bonds is 4. The molecule has 15 heavy (non-hydrogen) atoms. The van der Waals surface area contributed by atoms with E-state index in [1.165, 1.54) is 0 Å². The van der Waals surface area contributed by atoms with Crippen LogP contribution in [0, 0.1) is 5.41 Å². The van der Waals surface area contributed by atoms with Crippen molar-refractivity contribution >= 4 is 17.8 Å². The fourth-order valence-electron chi connectivity index (χ4n) is 0.644. The van der Waals surface area contributed by atoms with Crippen LogP contribution in [-0.4, -0.2) is 28.0 Å². The quantitative estimate of drug-likeness (QED) is 0.275. The highest BCUT2D eigenvalue weighted by Crippen LogP contribution is 1.95. The Balaban J connectivity index is 0. The van der Waals surface area contributed by atoms with Crippen molar-refractivity contribution in [2.24, 2.45) is 10.8 Å². The third-order valence-electron chi connectivity index (χ3n) is 1.26. The first kappa shape index (κ1) is 15.7. The molecule has 0 heterocycles. The summed E-state index contributed by atoms with van der Waals surface area (Å²) in [6, 6.07) is 0. The summed E-state index contributed by atoms with van der Waals surface area (Å²) in [6.07, 6.45) is 1.43. The summed E-state index contributed by atoms with van der Waals surface area (Å²) < 4.78 is 0. The van der Waals surface area contributed by atoms with E-state index in [-0.39, 0.29) is 5.96 Å². The van der Waals surface area contributed by atoms with Gasteiger partial charge in [-0.2, -0.15) is 5.10 Å². The van der Waals surface area contributed by atoms with Crippen LogP contribution in [0.4, 0.5) is 4.79 Å². The van der Waals surface area contributed by atoms with E-state index in [1.807, 2.05) is 6.92 Å². The number of guanidine groups is 1. The van der Waals surface area contributed by atoms with Crippen LogP contribution < -0.4 is 11.2 Å². The summed E-state index contributed by atoms with van der Waals surface area (Å²) in [7, 11) is 0. The standard InChI is InChI=1S/C7H16N4.CH2O3/c1-3-4-5-6(2)10-11-7(8)9;2-1(3)4/h3-5H2,1-2H3,(H4,8,9,11);(H2,2,3,4). The highest BCUT2D eigenvalue weighted by molar-refractivity contribution is 5.83. The van der Waals surface area contributed by atoms with Gasteiger partial charge in [-0.1, -0.05) is 13.3 Å². The number of carboxylic acid groups (broad SMARTS) is 2. The minimum atomic E-state index is -1.83. The van der Waals surface area contributed by atoms with Crippen LogP contribution in [-0.2, 0) is 0 Å². The second-order valence-corrected chi connectivity index (χ2v) is 2.76. The Hall–Kier alpha value is -1.79. The Bertz CT molecular complexity index is 224. The number of nitrogens with one attached hydrogen (secondary N) is 2. The molecular weight excluding hydrogens is 200 g/mol. The molecule has 88 valence electrons. The van der Waals surface area contributed by atoms with Crippen molar-refractivity contribution in [2.75, 3.05) is 0 Å². The summed E-state index contributed by atoms with van der Waals surface area (Å²) >= 11 is 0. The minimum absolute atomic E-state index is 0.110. The highest BCUT2D eigenvalue weighted by atomic mass is 16.6. The molecule has 0 rings (SSSR count). The van der Waals surface area contributed by atoms with Gasteiger partial charge in [-0.25, -0.2) is 10.2 Å². The van der Waals surface area contributed by atoms with Crippen LogP contribution in [0.15, 0.2) is 5.10 Å². The molecule has 7 nitrogen and oxygen atoms in total. The van der Waals surface area contributed by atoms with Gasteiger partial charge in [0.2, 0.25) is 5.96 Å². The molecule has 0 aromatic rings. The van der Waals surface area contributed by atoms with Gasteiger partial charge in [0.15, 0.2) is 0 Å². The monoisotopic (exact) mass is 218 g/mol. The fraction of sp³-hybridized carbons (Fsp3) is 0.625. The van der Waals surface area contributed by atoms with E-state index >= 15 is 0 Å². The van der Waals surface area contributed by atoms with Crippen molar-refractivity contribution in [3.05, 3.63) is 0 Å². The van der Waals surface area contributed by atoms with E-state index in [0.29, 0.717) is 0 Å². The molecule has 0 bridgehead atoms. The lowest BCUT2D eigenvalue weighted by atomic mass is 10.2. The van der Waals surface area contributed by atoms with Crippen molar-refractivity contribution in [3.8, 4) is 0 Å². The smallest absolute Gasteiger partial charge is 0.450 e. The number of hydrogen-bond acceptors (Lipinski definition) is 3. The molecule has 0 saturated heterocycles. The van der Waals surface area contributed by atoms with Crippen molar-refractivity contribution in [1.82, 2.24) is 5.43 Å². The van der Waals surface area contributed by atoms with Gasteiger partial charge in [0, 0.05) is 5.71 Å². The molecule has 0 aliphatic rings. The first-order valence-corrected chi connectivity index (χ1v) is 4.45. The lowest BCUT2D eigenvalue weighted by Crippen LogP contribution is -2.26. The van der Waals surface area contributed by atoms with Crippen molar-refractivity contribution in [3.63, 3.8) is 0 Å².